The van der Waals surface area contributed by atoms with Crippen molar-refractivity contribution in [2.75, 3.05) is 5.32 Å². The van der Waals surface area contributed by atoms with Gasteiger partial charge in [0, 0.05) is 18.1 Å². The van der Waals surface area contributed by atoms with Crippen molar-refractivity contribution in [1.29, 1.82) is 0 Å². The first-order chi connectivity index (χ1) is 8.16. The molecule has 0 spiro atoms. The lowest BCUT2D eigenvalue weighted by molar-refractivity contribution is 0.131. The van der Waals surface area contributed by atoms with Crippen LogP contribution in [0.1, 0.15) is 6.92 Å². The van der Waals surface area contributed by atoms with Crippen LogP contribution in [0.5, 0.6) is 0 Å². The second-order valence-electron chi connectivity index (χ2n) is 3.77. The van der Waals surface area contributed by atoms with Gasteiger partial charge in [-0.15, -0.1) is 0 Å². The van der Waals surface area contributed by atoms with Crippen LogP contribution in [0.25, 0.3) is 5.69 Å². The topological polar surface area (TPSA) is 29.9 Å². The van der Waals surface area contributed by atoms with Crippen LogP contribution in [-0.2, 0) is 0 Å². The quantitative estimate of drug-likeness (QED) is 0.886. The number of anilines is 1. The maximum atomic E-state index is 12.4. The van der Waals surface area contributed by atoms with E-state index in [2.05, 4.69) is 10.4 Å². The molecule has 0 radical (unpaired) electrons. The molecule has 0 aliphatic heterocycles. The standard InChI is InChI=1S/C12H13F2N3/c1-9(12(13)14)16-10-4-2-5-11(8-10)17-7-3-6-15-17/h2-9,12,16H,1H3. The average molecular weight is 237 g/mol. The van der Waals surface area contributed by atoms with Crippen LogP contribution < -0.4 is 5.32 Å². The van der Waals surface area contributed by atoms with Gasteiger partial charge >= 0.3 is 0 Å². The number of rotatable bonds is 4. The van der Waals surface area contributed by atoms with Crippen LogP contribution in [-0.4, -0.2) is 22.2 Å². The van der Waals surface area contributed by atoms with E-state index < -0.39 is 12.5 Å². The Morgan fingerprint density at radius 1 is 1.29 bits per heavy atom. The molecule has 1 aromatic heterocycles. The number of aromatic nitrogens is 2. The largest absolute Gasteiger partial charge is 0.377 e. The molecule has 0 fully saturated rings. The Labute approximate surface area is 98.1 Å². The molecular formula is C12H13F2N3. The maximum Gasteiger partial charge on any atom is 0.258 e. The summed E-state index contributed by atoms with van der Waals surface area (Å²) in [4.78, 5) is 0. The lowest BCUT2D eigenvalue weighted by atomic mass is 10.2. The summed E-state index contributed by atoms with van der Waals surface area (Å²) in [6.07, 6.45) is 1.08. The summed E-state index contributed by atoms with van der Waals surface area (Å²) in [5, 5.41) is 6.84. The van der Waals surface area contributed by atoms with Gasteiger partial charge < -0.3 is 5.32 Å². The molecule has 1 heterocycles. The minimum Gasteiger partial charge on any atom is -0.377 e. The van der Waals surface area contributed by atoms with Crippen LogP contribution in [0.15, 0.2) is 42.7 Å². The van der Waals surface area contributed by atoms with E-state index in [0.717, 1.165) is 5.69 Å². The number of halogens is 2. The van der Waals surface area contributed by atoms with Crippen molar-refractivity contribution in [2.24, 2.45) is 0 Å². The fourth-order valence-corrected chi connectivity index (χ4v) is 1.49. The number of alkyl halides is 2. The van der Waals surface area contributed by atoms with Gasteiger partial charge in [-0.1, -0.05) is 6.07 Å². The van der Waals surface area contributed by atoms with Gasteiger partial charge in [0.15, 0.2) is 0 Å². The van der Waals surface area contributed by atoms with Gasteiger partial charge in [-0.25, -0.2) is 13.5 Å². The van der Waals surface area contributed by atoms with Crippen molar-refractivity contribution < 1.29 is 8.78 Å². The van der Waals surface area contributed by atoms with Crippen molar-refractivity contribution >= 4 is 5.69 Å². The van der Waals surface area contributed by atoms with Crippen molar-refractivity contribution in [3.63, 3.8) is 0 Å². The highest BCUT2D eigenvalue weighted by Crippen LogP contribution is 2.16. The highest BCUT2D eigenvalue weighted by molar-refractivity contribution is 5.51. The molecular weight excluding hydrogens is 224 g/mol. The van der Waals surface area contributed by atoms with Crippen LogP contribution in [0.2, 0.25) is 0 Å². The summed E-state index contributed by atoms with van der Waals surface area (Å²) in [6, 6.07) is 8.14. The van der Waals surface area contributed by atoms with Crippen molar-refractivity contribution in [2.45, 2.75) is 19.4 Å². The summed E-state index contributed by atoms with van der Waals surface area (Å²) in [5.74, 6) is 0. The molecule has 17 heavy (non-hydrogen) atoms. The Balaban J connectivity index is 2.18. The van der Waals surface area contributed by atoms with Crippen LogP contribution in [0.4, 0.5) is 14.5 Å². The molecule has 1 unspecified atom stereocenters. The predicted molar refractivity (Wildman–Crippen MR) is 62.7 cm³/mol. The Bertz CT molecular complexity index is 468. The monoisotopic (exact) mass is 237 g/mol. The highest BCUT2D eigenvalue weighted by Gasteiger charge is 2.13. The van der Waals surface area contributed by atoms with Gasteiger partial charge in [-0.3, -0.25) is 0 Å². The molecule has 3 nitrogen and oxygen atoms in total. The minimum atomic E-state index is -2.39. The zero-order valence-electron chi connectivity index (χ0n) is 9.35. The van der Waals surface area contributed by atoms with E-state index in [-0.39, 0.29) is 0 Å². The van der Waals surface area contributed by atoms with E-state index in [4.69, 9.17) is 0 Å². The first kappa shape index (κ1) is 11.6. The fourth-order valence-electron chi connectivity index (χ4n) is 1.49. The summed E-state index contributed by atoms with van der Waals surface area (Å²) >= 11 is 0. The molecule has 0 aliphatic carbocycles. The highest BCUT2D eigenvalue weighted by atomic mass is 19.3. The summed E-state index contributed by atoms with van der Waals surface area (Å²) in [5.41, 5.74) is 1.49. The summed E-state index contributed by atoms with van der Waals surface area (Å²) < 4.78 is 26.5. The Kier molecular flexibility index (Phi) is 3.37. The van der Waals surface area contributed by atoms with Gasteiger partial charge in [0.25, 0.3) is 6.43 Å². The molecule has 0 bridgehead atoms. The molecule has 90 valence electrons. The minimum absolute atomic E-state index is 0.658. The number of nitrogens with zero attached hydrogens (tertiary/aromatic N) is 2. The second-order valence-corrected chi connectivity index (χ2v) is 3.77. The van der Waals surface area contributed by atoms with Gasteiger partial charge in [0.1, 0.15) is 0 Å². The molecule has 1 N–H and O–H groups in total. The second kappa shape index (κ2) is 4.95. The Morgan fingerprint density at radius 2 is 2.12 bits per heavy atom. The third-order valence-corrected chi connectivity index (χ3v) is 2.39. The SMILES string of the molecule is CC(Nc1cccc(-n2cccn2)c1)C(F)F. The summed E-state index contributed by atoms with van der Waals surface area (Å²) in [7, 11) is 0. The molecule has 1 aromatic carbocycles. The third kappa shape index (κ3) is 2.81. The third-order valence-electron chi connectivity index (χ3n) is 2.39. The zero-order chi connectivity index (χ0) is 12.3. The molecule has 0 saturated carbocycles. The lowest BCUT2D eigenvalue weighted by Gasteiger charge is -2.14. The van der Waals surface area contributed by atoms with E-state index >= 15 is 0 Å². The van der Waals surface area contributed by atoms with Crippen molar-refractivity contribution in [1.82, 2.24) is 9.78 Å². The van der Waals surface area contributed by atoms with Crippen LogP contribution in [0.3, 0.4) is 0 Å². The molecule has 5 heteroatoms. The van der Waals surface area contributed by atoms with Gasteiger partial charge in [0.2, 0.25) is 0 Å². The first-order valence-corrected chi connectivity index (χ1v) is 5.31. The number of benzene rings is 1. The number of hydrogen-bond donors (Lipinski definition) is 1. The number of hydrogen-bond acceptors (Lipinski definition) is 2. The van der Waals surface area contributed by atoms with E-state index in [1.807, 2.05) is 12.1 Å². The normalized spacial score (nSPS) is 12.7. The molecule has 2 aromatic rings. The van der Waals surface area contributed by atoms with E-state index in [9.17, 15) is 8.78 Å². The smallest absolute Gasteiger partial charge is 0.258 e. The first-order valence-electron chi connectivity index (χ1n) is 5.31. The van der Waals surface area contributed by atoms with Crippen LogP contribution >= 0.6 is 0 Å². The van der Waals surface area contributed by atoms with Crippen molar-refractivity contribution in [3.05, 3.63) is 42.7 Å². The Hall–Kier alpha value is -1.91. The molecule has 0 amide bonds. The zero-order valence-corrected chi connectivity index (χ0v) is 9.35. The van der Waals surface area contributed by atoms with E-state index in [1.165, 1.54) is 6.92 Å². The molecule has 2 rings (SSSR count). The lowest BCUT2D eigenvalue weighted by Crippen LogP contribution is -2.23. The molecule has 1 atom stereocenters. The van der Waals surface area contributed by atoms with Crippen molar-refractivity contribution in [3.8, 4) is 5.69 Å². The fraction of sp³-hybridized carbons (Fsp3) is 0.250. The molecule has 0 aliphatic rings. The van der Waals surface area contributed by atoms with E-state index in [1.54, 1.807) is 35.3 Å². The van der Waals surface area contributed by atoms with Gasteiger partial charge in [-0.05, 0) is 31.2 Å². The van der Waals surface area contributed by atoms with Gasteiger partial charge in [-0.2, -0.15) is 5.10 Å². The molecule has 0 saturated heterocycles. The van der Waals surface area contributed by atoms with Gasteiger partial charge in [0.05, 0.1) is 11.7 Å². The summed E-state index contributed by atoms with van der Waals surface area (Å²) in [6.45, 7) is 1.45. The predicted octanol–water partition coefficient (Wildman–Crippen LogP) is 2.94. The van der Waals surface area contributed by atoms with E-state index in [0.29, 0.717) is 5.69 Å². The Morgan fingerprint density at radius 3 is 2.76 bits per heavy atom. The van der Waals surface area contributed by atoms with Crippen LogP contribution in [0, 0.1) is 0 Å². The number of nitrogens with one attached hydrogen (secondary N) is 1. The maximum absolute atomic E-state index is 12.4. The average Bonchev–Trinajstić information content (AvgIpc) is 2.82.